The lowest BCUT2D eigenvalue weighted by atomic mass is 9.95. The van der Waals surface area contributed by atoms with Crippen LogP contribution in [0.25, 0.3) is 16.6 Å². The van der Waals surface area contributed by atoms with E-state index in [4.69, 9.17) is 9.84 Å². The Morgan fingerprint density at radius 3 is 2.71 bits per heavy atom. The number of benzene rings is 1. The van der Waals surface area contributed by atoms with E-state index in [0.717, 1.165) is 11.1 Å². The van der Waals surface area contributed by atoms with Crippen LogP contribution in [0.4, 0.5) is 9.18 Å². The number of fused-ring (bicyclic) bond motifs is 1. The molecule has 1 saturated heterocycles. The molecule has 1 aromatic carbocycles. The first-order valence-electron chi connectivity index (χ1n) is 9.03. The van der Waals surface area contributed by atoms with Crippen LogP contribution in [0, 0.1) is 19.7 Å². The van der Waals surface area contributed by atoms with Gasteiger partial charge in [-0.1, -0.05) is 0 Å². The summed E-state index contributed by atoms with van der Waals surface area (Å²) in [6.07, 6.45) is -0.953. The molecule has 0 unspecified atom stereocenters. The number of aromatic nitrogens is 4. The normalized spacial score (nSPS) is 14.4. The fraction of sp³-hybridized carbons (Fsp3) is 0.368. The third-order valence-electron chi connectivity index (χ3n) is 5.03. The Bertz CT molecular complexity index is 1080. The molecule has 9 heteroatoms. The smallest absolute Gasteiger partial charge is 0.407 e. The molecular formula is C19H20FN5O3. The summed E-state index contributed by atoms with van der Waals surface area (Å²) < 4.78 is 21.6. The lowest BCUT2D eigenvalue weighted by molar-refractivity contribution is 0.104. The van der Waals surface area contributed by atoms with Crippen LogP contribution in [0.1, 0.15) is 29.9 Å². The van der Waals surface area contributed by atoms with Gasteiger partial charge in [-0.25, -0.2) is 13.9 Å². The van der Waals surface area contributed by atoms with Crippen molar-refractivity contribution in [3.8, 4) is 11.4 Å². The first-order valence-corrected chi connectivity index (χ1v) is 9.03. The molecule has 0 bridgehead atoms. The summed E-state index contributed by atoms with van der Waals surface area (Å²) in [5.74, 6) is -0.0520. The highest BCUT2D eigenvalue weighted by Crippen LogP contribution is 2.33. The molecule has 3 aromatic rings. The number of likely N-dealkylation sites (tertiary alicyclic amines) is 1. The second kappa shape index (κ2) is 6.74. The van der Waals surface area contributed by atoms with Crippen LogP contribution < -0.4 is 4.74 Å². The van der Waals surface area contributed by atoms with Gasteiger partial charge < -0.3 is 14.7 Å². The number of amides is 1. The van der Waals surface area contributed by atoms with Crippen molar-refractivity contribution in [1.29, 1.82) is 0 Å². The molecule has 8 nitrogen and oxygen atoms in total. The molecule has 3 heterocycles. The summed E-state index contributed by atoms with van der Waals surface area (Å²) in [5.41, 5.74) is 3.03. The SMILES string of the molecule is CCOc1ccc(-n2nc3c(C4CN(C(=O)O)C4)nnc(C)c3c2C)c(F)c1. The Hall–Kier alpha value is -3.23. The largest absolute Gasteiger partial charge is 0.494 e. The number of hydrogen-bond acceptors (Lipinski definition) is 5. The fourth-order valence-corrected chi connectivity index (χ4v) is 3.57. The Labute approximate surface area is 160 Å². The molecule has 1 amide bonds. The second-order valence-corrected chi connectivity index (χ2v) is 6.82. The number of hydrogen-bond donors (Lipinski definition) is 1. The number of ether oxygens (including phenoxy) is 1. The molecule has 4 rings (SSSR count). The fourth-order valence-electron chi connectivity index (χ4n) is 3.57. The van der Waals surface area contributed by atoms with E-state index in [2.05, 4.69) is 15.3 Å². The molecule has 1 N–H and O–H groups in total. The van der Waals surface area contributed by atoms with Crippen LogP contribution in [-0.4, -0.2) is 55.8 Å². The Kier molecular flexibility index (Phi) is 4.37. The lowest BCUT2D eigenvalue weighted by Gasteiger charge is -2.36. The summed E-state index contributed by atoms with van der Waals surface area (Å²) in [4.78, 5) is 12.4. The molecule has 0 spiro atoms. The predicted octanol–water partition coefficient (Wildman–Crippen LogP) is 3.05. The van der Waals surface area contributed by atoms with Crippen LogP contribution >= 0.6 is 0 Å². The van der Waals surface area contributed by atoms with Gasteiger partial charge in [-0.05, 0) is 32.9 Å². The number of carbonyl (C=O) groups is 1. The molecule has 1 aliphatic heterocycles. The maximum Gasteiger partial charge on any atom is 0.407 e. The minimum absolute atomic E-state index is 0.0698. The van der Waals surface area contributed by atoms with E-state index in [-0.39, 0.29) is 5.92 Å². The van der Waals surface area contributed by atoms with Crippen molar-refractivity contribution < 1.29 is 19.0 Å². The molecule has 0 radical (unpaired) electrons. The highest BCUT2D eigenvalue weighted by Gasteiger charge is 2.35. The Balaban J connectivity index is 1.79. The van der Waals surface area contributed by atoms with Gasteiger partial charge in [0.1, 0.15) is 17.0 Å². The molecule has 28 heavy (non-hydrogen) atoms. The van der Waals surface area contributed by atoms with Gasteiger partial charge in [0.05, 0.1) is 23.7 Å². The molecule has 0 aliphatic carbocycles. The zero-order valence-electron chi connectivity index (χ0n) is 15.8. The van der Waals surface area contributed by atoms with Gasteiger partial charge in [0, 0.05) is 30.5 Å². The van der Waals surface area contributed by atoms with Crippen molar-refractivity contribution in [2.75, 3.05) is 19.7 Å². The number of rotatable bonds is 4. The predicted molar refractivity (Wildman–Crippen MR) is 99.6 cm³/mol. The van der Waals surface area contributed by atoms with Gasteiger partial charge in [0.25, 0.3) is 0 Å². The first kappa shape index (κ1) is 18.1. The van der Waals surface area contributed by atoms with Crippen molar-refractivity contribution in [1.82, 2.24) is 24.9 Å². The number of carboxylic acid groups (broad SMARTS) is 1. The number of aryl methyl sites for hydroxylation is 2. The zero-order chi connectivity index (χ0) is 20.0. The topological polar surface area (TPSA) is 93.4 Å². The molecule has 1 aliphatic rings. The summed E-state index contributed by atoms with van der Waals surface area (Å²) >= 11 is 0. The summed E-state index contributed by atoms with van der Waals surface area (Å²) in [5, 5.41) is 23.0. The lowest BCUT2D eigenvalue weighted by Crippen LogP contribution is -2.48. The van der Waals surface area contributed by atoms with Crippen molar-refractivity contribution >= 4 is 17.0 Å². The molecule has 146 valence electrons. The highest BCUT2D eigenvalue weighted by molar-refractivity contribution is 5.86. The van der Waals surface area contributed by atoms with E-state index >= 15 is 0 Å². The highest BCUT2D eigenvalue weighted by atomic mass is 19.1. The number of nitrogens with zero attached hydrogens (tertiary/aromatic N) is 5. The summed E-state index contributed by atoms with van der Waals surface area (Å²) in [7, 11) is 0. The van der Waals surface area contributed by atoms with Gasteiger partial charge in [-0.2, -0.15) is 15.3 Å². The minimum Gasteiger partial charge on any atom is -0.494 e. The van der Waals surface area contributed by atoms with Gasteiger partial charge in [0.15, 0.2) is 5.82 Å². The maximum atomic E-state index is 14.7. The van der Waals surface area contributed by atoms with E-state index in [1.807, 2.05) is 20.8 Å². The van der Waals surface area contributed by atoms with Crippen molar-refractivity contribution in [2.45, 2.75) is 26.7 Å². The van der Waals surface area contributed by atoms with E-state index < -0.39 is 11.9 Å². The molecule has 0 atom stereocenters. The van der Waals surface area contributed by atoms with Gasteiger partial charge in [0.2, 0.25) is 0 Å². The second-order valence-electron chi connectivity index (χ2n) is 6.82. The van der Waals surface area contributed by atoms with E-state index in [1.54, 1.807) is 16.8 Å². The van der Waals surface area contributed by atoms with E-state index in [0.29, 0.717) is 48.0 Å². The van der Waals surface area contributed by atoms with E-state index in [9.17, 15) is 9.18 Å². The van der Waals surface area contributed by atoms with Crippen LogP contribution in [0.3, 0.4) is 0 Å². The van der Waals surface area contributed by atoms with Gasteiger partial charge in [-0.15, -0.1) is 0 Å². The average Bonchev–Trinajstić information content (AvgIpc) is 2.94. The van der Waals surface area contributed by atoms with Gasteiger partial charge >= 0.3 is 6.09 Å². The molecule has 2 aromatic heterocycles. The molecule has 0 saturated carbocycles. The monoisotopic (exact) mass is 385 g/mol. The Morgan fingerprint density at radius 2 is 2.07 bits per heavy atom. The summed E-state index contributed by atoms with van der Waals surface area (Å²) in [6, 6.07) is 4.67. The zero-order valence-corrected chi connectivity index (χ0v) is 15.8. The van der Waals surface area contributed by atoms with Crippen LogP contribution in [0.2, 0.25) is 0 Å². The number of halogens is 1. The van der Waals surface area contributed by atoms with Crippen LogP contribution in [0.5, 0.6) is 5.75 Å². The standard InChI is InChI=1S/C19H20FN5O3/c1-4-28-13-5-6-15(14(20)7-13)25-11(3)16-10(2)21-22-17(18(16)23-25)12-8-24(9-12)19(26)27/h5-7,12H,4,8-9H2,1-3H3,(H,26,27). The van der Waals surface area contributed by atoms with Crippen LogP contribution in [-0.2, 0) is 0 Å². The summed E-state index contributed by atoms with van der Waals surface area (Å²) in [6.45, 7) is 6.69. The van der Waals surface area contributed by atoms with Gasteiger partial charge in [-0.3, -0.25) is 0 Å². The van der Waals surface area contributed by atoms with Crippen LogP contribution in [0.15, 0.2) is 18.2 Å². The first-order chi connectivity index (χ1) is 13.4. The average molecular weight is 385 g/mol. The van der Waals surface area contributed by atoms with Crippen molar-refractivity contribution in [3.05, 3.63) is 41.1 Å². The maximum absolute atomic E-state index is 14.7. The molecular weight excluding hydrogens is 365 g/mol. The van der Waals surface area contributed by atoms with Crippen molar-refractivity contribution in [3.63, 3.8) is 0 Å². The minimum atomic E-state index is -0.953. The Morgan fingerprint density at radius 1 is 1.32 bits per heavy atom. The quantitative estimate of drug-likeness (QED) is 0.742. The van der Waals surface area contributed by atoms with Crippen molar-refractivity contribution in [2.24, 2.45) is 0 Å². The van der Waals surface area contributed by atoms with E-state index in [1.165, 1.54) is 11.0 Å². The third kappa shape index (κ3) is 2.83. The third-order valence-corrected chi connectivity index (χ3v) is 5.03. The molecule has 1 fully saturated rings.